The molecule has 3 N–H and O–H groups in total. The fourth-order valence-corrected chi connectivity index (χ4v) is 2.24. The van der Waals surface area contributed by atoms with Crippen LogP contribution in [0.4, 0.5) is 5.69 Å². The molecule has 0 heterocycles. The SMILES string of the molecule is Cl.N[C@@H]1C[C@@H]1c1cccc(NC(=O)c2ccccc2)c1. The van der Waals surface area contributed by atoms with Gasteiger partial charge in [-0.05, 0) is 36.2 Å². The number of anilines is 1. The molecule has 3 nitrogen and oxygen atoms in total. The van der Waals surface area contributed by atoms with Crippen molar-refractivity contribution in [3.05, 3.63) is 65.7 Å². The molecule has 2 aromatic rings. The molecule has 1 aliphatic rings. The Kier molecular flexibility index (Phi) is 4.42. The van der Waals surface area contributed by atoms with E-state index < -0.39 is 0 Å². The fraction of sp³-hybridized carbons (Fsp3) is 0.188. The zero-order chi connectivity index (χ0) is 13.2. The number of hydrogen-bond acceptors (Lipinski definition) is 2. The van der Waals surface area contributed by atoms with Crippen molar-refractivity contribution >= 4 is 24.0 Å². The van der Waals surface area contributed by atoms with Gasteiger partial charge in [0.15, 0.2) is 0 Å². The number of hydrogen-bond donors (Lipinski definition) is 2. The van der Waals surface area contributed by atoms with E-state index in [0.717, 1.165) is 12.1 Å². The molecule has 0 saturated heterocycles. The molecule has 1 fully saturated rings. The van der Waals surface area contributed by atoms with Crippen molar-refractivity contribution < 1.29 is 4.79 Å². The number of carbonyl (C=O) groups excluding carboxylic acids is 1. The van der Waals surface area contributed by atoms with Crippen molar-refractivity contribution in [3.8, 4) is 0 Å². The second-order valence-corrected chi connectivity index (χ2v) is 4.95. The predicted molar refractivity (Wildman–Crippen MR) is 83.4 cm³/mol. The van der Waals surface area contributed by atoms with Gasteiger partial charge in [0, 0.05) is 23.2 Å². The summed E-state index contributed by atoms with van der Waals surface area (Å²) >= 11 is 0. The highest BCUT2D eigenvalue weighted by molar-refractivity contribution is 6.04. The van der Waals surface area contributed by atoms with E-state index in [-0.39, 0.29) is 24.4 Å². The van der Waals surface area contributed by atoms with E-state index in [4.69, 9.17) is 5.73 Å². The highest BCUT2D eigenvalue weighted by atomic mass is 35.5. The Hall–Kier alpha value is -1.84. The third-order valence-electron chi connectivity index (χ3n) is 3.45. The van der Waals surface area contributed by atoms with Gasteiger partial charge < -0.3 is 11.1 Å². The van der Waals surface area contributed by atoms with Crippen LogP contribution >= 0.6 is 12.4 Å². The normalized spacial score (nSPS) is 19.9. The van der Waals surface area contributed by atoms with E-state index in [0.29, 0.717) is 11.5 Å². The first-order valence-corrected chi connectivity index (χ1v) is 6.46. The molecule has 2 aromatic carbocycles. The summed E-state index contributed by atoms with van der Waals surface area (Å²) in [5.41, 5.74) is 8.55. The van der Waals surface area contributed by atoms with Crippen molar-refractivity contribution in [3.63, 3.8) is 0 Å². The molecule has 0 radical (unpaired) electrons. The lowest BCUT2D eigenvalue weighted by Crippen LogP contribution is -2.11. The quantitative estimate of drug-likeness (QED) is 0.911. The maximum atomic E-state index is 12.0. The maximum absolute atomic E-state index is 12.0. The maximum Gasteiger partial charge on any atom is 0.255 e. The van der Waals surface area contributed by atoms with Crippen LogP contribution in [-0.2, 0) is 0 Å². The van der Waals surface area contributed by atoms with Crippen LogP contribution in [0.15, 0.2) is 54.6 Å². The summed E-state index contributed by atoms with van der Waals surface area (Å²) in [5, 5.41) is 2.92. The molecule has 0 unspecified atom stereocenters. The molecule has 1 amide bonds. The molecule has 104 valence electrons. The Labute approximate surface area is 124 Å². The van der Waals surface area contributed by atoms with Crippen LogP contribution in [0.25, 0.3) is 0 Å². The zero-order valence-electron chi connectivity index (χ0n) is 11.0. The summed E-state index contributed by atoms with van der Waals surface area (Å²) in [4.78, 5) is 12.0. The van der Waals surface area contributed by atoms with E-state index >= 15 is 0 Å². The lowest BCUT2D eigenvalue weighted by molar-refractivity contribution is 0.102. The number of nitrogens with two attached hydrogens (primary N) is 1. The van der Waals surface area contributed by atoms with Crippen LogP contribution in [0.2, 0.25) is 0 Å². The Morgan fingerprint density at radius 2 is 1.80 bits per heavy atom. The molecule has 20 heavy (non-hydrogen) atoms. The van der Waals surface area contributed by atoms with Gasteiger partial charge in [-0.15, -0.1) is 12.4 Å². The van der Waals surface area contributed by atoms with Gasteiger partial charge >= 0.3 is 0 Å². The molecule has 1 saturated carbocycles. The summed E-state index contributed by atoms with van der Waals surface area (Å²) in [7, 11) is 0. The first-order valence-electron chi connectivity index (χ1n) is 6.46. The third kappa shape index (κ3) is 3.18. The summed E-state index contributed by atoms with van der Waals surface area (Å²) in [6, 6.07) is 17.4. The van der Waals surface area contributed by atoms with E-state index in [1.807, 2.05) is 36.4 Å². The number of nitrogens with one attached hydrogen (secondary N) is 1. The van der Waals surface area contributed by atoms with Crippen LogP contribution in [0.5, 0.6) is 0 Å². The second kappa shape index (κ2) is 6.07. The molecule has 0 spiro atoms. The molecule has 0 aromatic heterocycles. The van der Waals surface area contributed by atoms with Gasteiger partial charge in [0.25, 0.3) is 5.91 Å². The number of halogens is 1. The minimum absolute atomic E-state index is 0. The van der Waals surface area contributed by atoms with E-state index in [1.165, 1.54) is 5.56 Å². The standard InChI is InChI=1S/C16H16N2O.ClH/c17-15-10-14(15)12-7-4-8-13(9-12)18-16(19)11-5-2-1-3-6-11;/h1-9,14-15H,10,17H2,(H,18,19);1H/t14-,15-;/m1./s1. The number of benzene rings is 2. The minimum atomic E-state index is -0.0853. The van der Waals surface area contributed by atoms with Gasteiger partial charge in [0.2, 0.25) is 0 Å². The van der Waals surface area contributed by atoms with Crippen molar-refractivity contribution in [1.29, 1.82) is 0 Å². The third-order valence-corrected chi connectivity index (χ3v) is 3.45. The van der Waals surface area contributed by atoms with Crippen molar-refractivity contribution in [2.45, 2.75) is 18.4 Å². The Balaban J connectivity index is 0.00000147. The number of rotatable bonds is 3. The highest BCUT2D eigenvalue weighted by Crippen LogP contribution is 2.39. The molecule has 3 rings (SSSR count). The van der Waals surface area contributed by atoms with Gasteiger partial charge in [-0.3, -0.25) is 4.79 Å². The first-order chi connectivity index (χ1) is 9.24. The second-order valence-electron chi connectivity index (χ2n) is 4.95. The van der Waals surface area contributed by atoms with Crippen molar-refractivity contribution in [1.82, 2.24) is 0 Å². The molecular weight excluding hydrogens is 272 g/mol. The topological polar surface area (TPSA) is 55.1 Å². The fourth-order valence-electron chi connectivity index (χ4n) is 2.24. The first kappa shape index (κ1) is 14.6. The predicted octanol–water partition coefficient (Wildman–Crippen LogP) is 3.18. The molecule has 1 aliphatic carbocycles. The Bertz CT molecular complexity index is 600. The molecule has 2 atom stereocenters. The smallest absolute Gasteiger partial charge is 0.255 e. The summed E-state index contributed by atoms with van der Waals surface area (Å²) in [6.45, 7) is 0. The lowest BCUT2D eigenvalue weighted by Gasteiger charge is -2.07. The molecular formula is C16H17ClN2O. The Morgan fingerprint density at radius 3 is 2.45 bits per heavy atom. The summed E-state index contributed by atoms with van der Waals surface area (Å²) in [5.74, 6) is 0.367. The minimum Gasteiger partial charge on any atom is -0.327 e. The average Bonchev–Trinajstić information content (AvgIpc) is 3.17. The highest BCUT2D eigenvalue weighted by Gasteiger charge is 2.34. The lowest BCUT2D eigenvalue weighted by atomic mass is 10.1. The average molecular weight is 289 g/mol. The Morgan fingerprint density at radius 1 is 1.10 bits per heavy atom. The van der Waals surface area contributed by atoms with Crippen molar-refractivity contribution in [2.24, 2.45) is 5.73 Å². The number of amides is 1. The van der Waals surface area contributed by atoms with Gasteiger partial charge in [0.1, 0.15) is 0 Å². The van der Waals surface area contributed by atoms with Gasteiger partial charge in [-0.2, -0.15) is 0 Å². The van der Waals surface area contributed by atoms with E-state index in [2.05, 4.69) is 11.4 Å². The van der Waals surface area contributed by atoms with E-state index in [1.54, 1.807) is 12.1 Å². The van der Waals surface area contributed by atoms with Gasteiger partial charge in [-0.1, -0.05) is 30.3 Å². The van der Waals surface area contributed by atoms with Crippen LogP contribution in [-0.4, -0.2) is 11.9 Å². The van der Waals surface area contributed by atoms with Crippen LogP contribution in [0.1, 0.15) is 28.3 Å². The molecule has 0 bridgehead atoms. The summed E-state index contributed by atoms with van der Waals surface area (Å²) < 4.78 is 0. The summed E-state index contributed by atoms with van der Waals surface area (Å²) in [6.07, 6.45) is 1.04. The van der Waals surface area contributed by atoms with Crippen LogP contribution in [0, 0.1) is 0 Å². The monoisotopic (exact) mass is 288 g/mol. The van der Waals surface area contributed by atoms with Gasteiger partial charge in [0.05, 0.1) is 0 Å². The zero-order valence-corrected chi connectivity index (χ0v) is 11.8. The number of carbonyl (C=O) groups is 1. The molecule has 4 heteroatoms. The van der Waals surface area contributed by atoms with E-state index in [9.17, 15) is 4.79 Å². The molecule has 0 aliphatic heterocycles. The largest absolute Gasteiger partial charge is 0.327 e. The van der Waals surface area contributed by atoms with Gasteiger partial charge in [-0.25, -0.2) is 0 Å². The van der Waals surface area contributed by atoms with Crippen molar-refractivity contribution in [2.75, 3.05) is 5.32 Å². The van der Waals surface area contributed by atoms with Crippen LogP contribution < -0.4 is 11.1 Å². The van der Waals surface area contributed by atoms with Crippen LogP contribution in [0.3, 0.4) is 0 Å².